The van der Waals surface area contributed by atoms with Crippen molar-refractivity contribution < 1.29 is 19.0 Å². The minimum atomic E-state index is -0.656. The van der Waals surface area contributed by atoms with E-state index in [2.05, 4.69) is 33.8 Å². The van der Waals surface area contributed by atoms with E-state index in [0.717, 1.165) is 5.52 Å². The Hall–Kier alpha value is -3.94. The maximum atomic E-state index is 12.3. The van der Waals surface area contributed by atoms with Gasteiger partial charge in [-0.15, -0.1) is 4.68 Å². The fraction of sp³-hybridized carbons (Fsp3) is 0.292. The number of pyridine rings is 1. The van der Waals surface area contributed by atoms with Crippen molar-refractivity contribution >= 4 is 41.0 Å². The molecule has 2 aromatic heterocycles. The van der Waals surface area contributed by atoms with Crippen LogP contribution in [0, 0.1) is 17.8 Å². The molecule has 35 heavy (non-hydrogen) atoms. The number of hydrazine groups is 1. The number of imidazole rings is 1. The molecule has 1 unspecified atom stereocenters. The third kappa shape index (κ3) is 4.69. The number of hydrogen-bond donors (Lipinski definition) is 2. The number of carbonyl (C=O) groups excluding carboxylic acids is 2. The average molecular weight is 495 g/mol. The summed E-state index contributed by atoms with van der Waals surface area (Å²) in [5.41, 5.74) is 10.7. The number of halogens is 1. The van der Waals surface area contributed by atoms with Gasteiger partial charge in [-0.1, -0.05) is 29.1 Å². The number of allylic oxidation sites excluding steroid dienone is 1. The van der Waals surface area contributed by atoms with Gasteiger partial charge in [-0.25, -0.2) is 10.4 Å². The Labute approximate surface area is 207 Å². The number of aromatic nitrogens is 2. The number of aliphatic imine (C=N–C) groups is 1. The summed E-state index contributed by atoms with van der Waals surface area (Å²) in [6.07, 6.45) is 7.12. The van der Waals surface area contributed by atoms with Gasteiger partial charge >= 0.3 is 5.84 Å². The smallest absolute Gasteiger partial charge is 0.356 e. The van der Waals surface area contributed by atoms with Gasteiger partial charge in [0, 0.05) is 19.6 Å². The van der Waals surface area contributed by atoms with Gasteiger partial charge in [0.25, 0.3) is 5.91 Å². The maximum absolute atomic E-state index is 12.3. The van der Waals surface area contributed by atoms with Crippen molar-refractivity contribution in [2.24, 2.45) is 16.6 Å². The van der Waals surface area contributed by atoms with Gasteiger partial charge in [-0.05, 0) is 30.6 Å². The fourth-order valence-corrected chi connectivity index (χ4v) is 4.54. The zero-order valence-electron chi connectivity index (χ0n) is 19.4. The summed E-state index contributed by atoms with van der Waals surface area (Å²) in [6.45, 7) is 4.48. The number of rotatable bonds is 5. The topological polar surface area (TPSA) is 117 Å². The highest BCUT2D eigenvalue weighted by Gasteiger charge is 2.39. The van der Waals surface area contributed by atoms with Crippen LogP contribution in [0.4, 0.5) is 0 Å². The minimum absolute atomic E-state index is 0.0209. The van der Waals surface area contributed by atoms with Gasteiger partial charge < -0.3 is 15.4 Å². The van der Waals surface area contributed by atoms with Gasteiger partial charge in [-0.3, -0.25) is 14.0 Å². The summed E-state index contributed by atoms with van der Waals surface area (Å²) in [7, 11) is 3.17. The van der Waals surface area contributed by atoms with E-state index in [1.165, 1.54) is 6.08 Å². The Morgan fingerprint density at radius 1 is 1.46 bits per heavy atom. The summed E-state index contributed by atoms with van der Waals surface area (Å²) in [5.74, 6) is 5.59. The standard InChI is InChI=1S/C24H24ClN7O3/c1-4-21(33)30-11-15(9-17(30)13-35-3)12-32-24(27-2)22(23(26)34)18(29-32)7-5-16-6-8-20(25)31-14-28-10-19(16)31/h4,6,8,10,12,14-15,17H,1,9,11,13H2,2-3H3,(H2-,26,27,29,34)/p+1/b32-12-/t15?,17-/m1/s1. The van der Waals surface area contributed by atoms with Crippen LogP contribution in [0.3, 0.4) is 0 Å². The first-order chi connectivity index (χ1) is 16.9. The van der Waals surface area contributed by atoms with Crippen molar-refractivity contribution in [1.82, 2.24) is 19.7 Å². The molecule has 0 aliphatic carbocycles. The molecule has 2 aliphatic heterocycles. The number of nitrogens with one attached hydrogen (secondary N) is 1. The third-order valence-electron chi connectivity index (χ3n) is 5.87. The predicted molar refractivity (Wildman–Crippen MR) is 132 cm³/mol. The number of hydrazone groups is 1. The van der Waals surface area contributed by atoms with Crippen LogP contribution in [0.2, 0.25) is 5.15 Å². The number of ether oxygens (including phenoxy) is 1. The highest BCUT2D eigenvalue weighted by molar-refractivity contribution is 6.29. The van der Waals surface area contributed by atoms with Crippen molar-refractivity contribution in [2.75, 3.05) is 27.3 Å². The van der Waals surface area contributed by atoms with Crippen LogP contribution in [-0.2, 0) is 14.3 Å². The average Bonchev–Trinajstić information content (AvgIpc) is 3.56. The first-order valence-electron chi connectivity index (χ1n) is 10.8. The minimum Gasteiger partial charge on any atom is -0.383 e. The second kappa shape index (κ2) is 10.1. The molecule has 10 nitrogen and oxygen atoms in total. The molecule has 0 saturated carbocycles. The molecule has 2 amide bonds. The molecule has 4 heterocycles. The SMILES string of the molecule is C=CC(=O)N1CC(/C=[N+]2\NC(C#Cc3ccc(Cl)n4cncc34)=C(C(N)=O)C2=NC)C[C@@H]1COC. The zero-order chi connectivity index (χ0) is 25.1. The fourth-order valence-electron chi connectivity index (χ4n) is 4.34. The number of likely N-dealkylation sites (tertiary alicyclic amines) is 1. The van der Waals surface area contributed by atoms with E-state index in [0.29, 0.717) is 41.8 Å². The van der Waals surface area contributed by atoms with Gasteiger partial charge in [0.1, 0.15) is 30.4 Å². The lowest BCUT2D eigenvalue weighted by Gasteiger charge is -2.22. The van der Waals surface area contributed by atoms with Crippen LogP contribution in [0.1, 0.15) is 12.0 Å². The van der Waals surface area contributed by atoms with E-state index in [1.807, 2.05) is 6.21 Å². The van der Waals surface area contributed by atoms with Crippen LogP contribution < -0.4 is 11.2 Å². The quantitative estimate of drug-likeness (QED) is 0.275. The van der Waals surface area contributed by atoms with Crippen LogP contribution >= 0.6 is 11.6 Å². The molecular weight excluding hydrogens is 470 g/mol. The van der Waals surface area contributed by atoms with Crippen molar-refractivity contribution in [3.8, 4) is 11.8 Å². The van der Waals surface area contributed by atoms with Gasteiger partial charge in [-0.2, -0.15) is 0 Å². The summed E-state index contributed by atoms with van der Waals surface area (Å²) < 4.78 is 8.63. The lowest BCUT2D eigenvalue weighted by molar-refractivity contribution is -0.456. The van der Waals surface area contributed by atoms with Gasteiger partial charge in [0.05, 0.1) is 29.9 Å². The molecule has 0 bridgehead atoms. The molecule has 4 rings (SSSR count). The number of nitrogens with zero attached hydrogens (tertiary/aromatic N) is 5. The molecule has 2 aliphatic rings. The lowest BCUT2D eigenvalue weighted by Crippen LogP contribution is -2.37. The second-order valence-electron chi connectivity index (χ2n) is 8.06. The summed E-state index contributed by atoms with van der Waals surface area (Å²) in [5, 5.41) is 0.507. The number of nitrogens with two attached hydrogens (primary N) is 1. The first-order valence-corrected chi connectivity index (χ1v) is 11.2. The highest BCUT2D eigenvalue weighted by Crippen LogP contribution is 2.24. The molecule has 2 atom stereocenters. The normalized spacial score (nSPS) is 22.0. The van der Waals surface area contributed by atoms with E-state index in [-0.39, 0.29) is 23.4 Å². The van der Waals surface area contributed by atoms with E-state index in [1.54, 1.807) is 52.8 Å². The Kier molecular flexibility index (Phi) is 7.00. The van der Waals surface area contributed by atoms with E-state index < -0.39 is 5.91 Å². The predicted octanol–water partition coefficient (Wildman–Crippen LogP) is 0.758. The second-order valence-corrected chi connectivity index (χ2v) is 8.45. The molecule has 0 aromatic carbocycles. The van der Waals surface area contributed by atoms with E-state index in [9.17, 15) is 9.59 Å². The molecule has 0 spiro atoms. The molecule has 11 heteroatoms. The van der Waals surface area contributed by atoms with Crippen LogP contribution in [0.5, 0.6) is 0 Å². The Bertz CT molecular complexity index is 1360. The number of primary amides is 1. The summed E-state index contributed by atoms with van der Waals surface area (Å²) in [6, 6.07) is 3.42. The highest BCUT2D eigenvalue weighted by atomic mass is 35.5. The largest absolute Gasteiger partial charge is 0.383 e. The van der Waals surface area contributed by atoms with Gasteiger partial charge in [0.15, 0.2) is 5.57 Å². The van der Waals surface area contributed by atoms with Crippen LogP contribution in [0.25, 0.3) is 5.52 Å². The van der Waals surface area contributed by atoms with Gasteiger partial charge in [0.2, 0.25) is 5.91 Å². The molecule has 0 radical (unpaired) electrons. The van der Waals surface area contributed by atoms with Crippen molar-refractivity contribution in [2.45, 2.75) is 12.5 Å². The zero-order valence-corrected chi connectivity index (χ0v) is 20.1. The Morgan fingerprint density at radius 3 is 2.94 bits per heavy atom. The maximum Gasteiger partial charge on any atom is 0.356 e. The molecular formula is C24H25ClN7O3+. The number of amides is 2. The number of methoxy groups -OCH3 is 1. The molecule has 3 N–H and O–H groups in total. The number of carbonyl (C=O) groups is 2. The van der Waals surface area contributed by atoms with Crippen LogP contribution in [-0.4, -0.2) is 76.2 Å². The number of amidine groups is 1. The van der Waals surface area contributed by atoms with Crippen LogP contribution in [0.15, 0.2) is 53.6 Å². The molecule has 1 saturated heterocycles. The van der Waals surface area contributed by atoms with Crippen molar-refractivity contribution in [3.63, 3.8) is 0 Å². The molecule has 1 fully saturated rings. The number of hydrogen-bond acceptors (Lipinski definition) is 6. The summed E-state index contributed by atoms with van der Waals surface area (Å²) in [4.78, 5) is 34.7. The Balaban J connectivity index is 1.66. The lowest BCUT2D eigenvalue weighted by atomic mass is 10.1. The first kappa shape index (κ1) is 24.2. The monoisotopic (exact) mass is 494 g/mol. The van der Waals surface area contributed by atoms with Crippen molar-refractivity contribution in [1.29, 1.82) is 0 Å². The van der Waals surface area contributed by atoms with E-state index in [4.69, 9.17) is 22.1 Å². The van der Waals surface area contributed by atoms with Crippen molar-refractivity contribution in [3.05, 3.63) is 59.3 Å². The number of fused-ring (bicyclic) bond motifs is 1. The third-order valence-corrected chi connectivity index (χ3v) is 6.18. The molecule has 180 valence electrons. The summed E-state index contributed by atoms with van der Waals surface area (Å²) >= 11 is 6.20. The van der Waals surface area contributed by atoms with E-state index >= 15 is 0 Å². The Morgan fingerprint density at radius 2 is 2.26 bits per heavy atom. The molecule has 2 aromatic rings.